The predicted octanol–water partition coefficient (Wildman–Crippen LogP) is 3.84. The number of hydrogen-bond acceptors (Lipinski definition) is 4. The fraction of sp³-hybridized carbons (Fsp3) is 0.294. The quantitative estimate of drug-likeness (QED) is 0.799. The van der Waals surface area contributed by atoms with E-state index in [0.29, 0.717) is 11.7 Å². The number of thiophene rings is 1. The molecule has 0 aliphatic rings. The van der Waals surface area contributed by atoms with E-state index in [1.807, 2.05) is 48.6 Å². The average molecular weight is 313 g/mol. The monoisotopic (exact) mass is 313 g/mol. The Morgan fingerprint density at radius 3 is 2.45 bits per heavy atom. The van der Waals surface area contributed by atoms with E-state index in [9.17, 15) is 4.79 Å². The summed E-state index contributed by atoms with van der Waals surface area (Å²) in [4.78, 5) is 22.8. The highest BCUT2D eigenvalue weighted by molar-refractivity contribution is 7.16. The van der Waals surface area contributed by atoms with Crippen LogP contribution >= 0.6 is 11.3 Å². The summed E-state index contributed by atoms with van der Waals surface area (Å²) in [7, 11) is 4.00. The lowest BCUT2D eigenvalue weighted by molar-refractivity contribution is 0.878. The molecule has 0 atom stereocenters. The smallest absolute Gasteiger partial charge is 0.260 e. The first-order chi connectivity index (χ1) is 10.5. The second-order valence-corrected chi connectivity index (χ2v) is 6.74. The van der Waals surface area contributed by atoms with E-state index in [1.54, 1.807) is 0 Å². The van der Waals surface area contributed by atoms with Gasteiger partial charge in [0.25, 0.3) is 5.56 Å². The van der Waals surface area contributed by atoms with Crippen LogP contribution in [0.1, 0.15) is 25.3 Å². The fourth-order valence-corrected chi connectivity index (χ4v) is 3.55. The molecule has 0 unspecified atom stereocenters. The van der Waals surface area contributed by atoms with E-state index in [2.05, 4.69) is 23.8 Å². The van der Waals surface area contributed by atoms with Crippen LogP contribution in [-0.2, 0) is 0 Å². The summed E-state index contributed by atoms with van der Waals surface area (Å²) in [6, 6.07) is 8.01. The topological polar surface area (TPSA) is 49.0 Å². The Hall–Kier alpha value is -2.14. The molecule has 0 fully saturated rings. The van der Waals surface area contributed by atoms with Crippen LogP contribution in [0, 0.1) is 0 Å². The predicted molar refractivity (Wildman–Crippen MR) is 94.1 cm³/mol. The molecule has 114 valence electrons. The molecular formula is C17H19N3OS. The minimum atomic E-state index is -0.0540. The van der Waals surface area contributed by atoms with Crippen LogP contribution in [0.2, 0.25) is 0 Å². The number of H-pyrrole nitrogens is 1. The first kappa shape index (κ1) is 14.8. The van der Waals surface area contributed by atoms with E-state index >= 15 is 0 Å². The van der Waals surface area contributed by atoms with Gasteiger partial charge in [-0.3, -0.25) is 4.79 Å². The Morgan fingerprint density at radius 1 is 1.18 bits per heavy atom. The van der Waals surface area contributed by atoms with Gasteiger partial charge in [-0.05, 0) is 41.1 Å². The Labute approximate surface area is 133 Å². The van der Waals surface area contributed by atoms with Crippen LogP contribution in [-0.4, -0.2) is 24.1 Å². The Bertz CT molecular complexity index is 860. The van der Waals surface area contributed by atoms with Crippen molar-refractivity contribution in [1.82, 2.24) is 9.97 Å². The molecular weight excluding hydrogens is 294 g/mol. The van der Waals surface area contributed by atoms with Gasteiger partial charge in [-0.1, -0.05) is 13.8 Å². The number of rotatable bonds is 3. The maximum absolute atomic E-state index is 12.4. The molecule has 1 N–H and O–H groups in total. The van der Waals surface area contributed by atoms with Crippen LogP contribution in [0.4, 0.5) is 5.69 Å². The zero-order valence-electron chi connectivity index (χ0n) is 13.2. The summed E-state index contributed by atoms with van der Waals surface area (Å²) in [5, 5.41) is 2.77. The molecule has 5 heteroatoms. The maximum atomic E-state index is 12.4. The van der Waals surface area contributed by atoms with Crippen molar-refractivity contribution in [2.45, 2.75) is 19.8 Å². The molecule has 22 heavy (non-hydrogen) atoms. The van der Waals surface area contributed by atoms with Gasteiger partial charge < -0.3 is 9.88 Å². The van der Waals surface area contributed by atoms with Crippen LogP contribution in [0.25, 0.3) is 21.6 Å². The number of nitrogens with one attached hydrogen (secondary N) is 1. The van der Waals surface area contributed by atoms with Crippen molar-refractivity contribution in [1.29, 1.82) is 0 Å². The molecule has 0 radical (unpaired) electrons. The number of nitrogens with zero attached hydrogens (tertiary/aromatic N) is 2. The van der Waals surface area contributed by atoms with Crippen molar-refractivity contribution in [2.24, 2.45) is 0 Å². The summed E-state index contributed by atoms with van der Waals surface area (Å²) in [6.45, 7) is 4.18. The van der Waals surface area contributed by atoms with Crippen LogP contribution in [0.15, 0.2) is 34.4 Å². The first-order valence-corrected chi connectivity index (χ1v) is 8.14. The standard InChI is InChI=1S/C17H19N3OS/c1-10(2)13-9-22-17-14(13)16(21)18-15(19-17)11-5-7-12(8-6-11)20(3)4/h5-10H,1-4H3,(H,18,19,21). The van der Waals surface area contributed by atoms with Gasteiger partial charge in [0.1, 0.15) is 10.7 Å². The third-order valence-corrected chi connectivity index (χ3v) is 4.64. The molecule has 2 aromatic heterocycles. The van der Waals surface area contributed by atoms with Crippen molar-refractivity contribution in [3.8, 4) is 11.4 Å². The highest BCUT2D eigenvalue weighted by Crippen LogP contribution is 2.28. The molecule has 0 amide bonds. The number of benzene rings is 1. The molecule has 0 aliphatic heterocycles. The summed E-state index contributed by atoms with van der Waals surface area (Å²) in [5.41, 5.74) is 3.05. The highest BCUT2D eigenvalue weighted by atomic mass is 32.1. The summed E-state index contributed by atoms with van der Waals surface area (Å²) in [6.07, 6.45) is 0. The van der Waals surface area contributed by atoms with E-state index in [1.165, 1.54) is 11.3 Å². The van der Waals surface area contributed by atoms with Gasteiger partial charge in [-0.25, -0.2) is 4.98 Å². The van der Waals surface area contributed by atoms with Crippen molar-refractivity contribution >= 4 is 27.2 Å². The first-order valence-electron chi connectivity index (χ1n) is 7.26. The molecule has 0 bridgehead atoms. The summed E-state index contributed by atoms with van der Waals surface area (Å²) in [5.74, 6) is 0.946. The molecule has 3 rings (SSSR count). The molecule has 0 saturated carbocycles. The molecule has 2 heterocycles. The number of anilines is 1. The van der Waals surface area contributed by atoms with Gasteiger partial charge in [-0.2, -0.15) is 0 Å². The number of hydrogen-bond donors (Lipinski definition) is 1. The molecule has 4 nitrogen and oxygen atoms in total. The SMILES string of the molecule is CC(C)c1csc2nc(-c3ccc(N(C)C)cc3)[nH]c(=O)c12. The van der Waals surface area contributed by atoms with Crippen LogP contribution < -0.4 is 10.5 Å². The maximum Gasteiger partial charge on any atom is 0.260 e. The zero-order chi connectivity index (χ0) is 15.9. The normalized spacial score (nSPS) is 11.3. The minimum absolute atomic E-state index is 0.0540. The molecule has 3 aromatic rings. The molecule has 0 spiro atoms. The van der Waals surface area contributed by atoms with E-state index in [4.69, 9.17) is 0 Å². The molecule has 0 saturated heterocycles. The van der Waals surface area contributed by atoms with Gasteiger partial charge in [-0.15, -0.1) is 11.3 Å². The Balaban J connectivity index is 2.11. The third kappa shape index (κ3) is 2.52. The number of aromatic amines is 1. The van der Waals surface area contributed by atoms with Crippen molar-refractivity contribution < 1.29 is 0 Å². The van der Waals surface area contributed by atoms with Gasteiger partial charge in [0.05, 0.1) is 5.39 Å². The molecule has 1 aromatic carbocycles. The number of aromatic nitrogens is 2. The lowest BCUT2D eigenvalue weighted by Gasteiger charge is -2.12. The highest BCUT2D eigenvalue weighted by Gasteiger charge is 2.14. The average Bonchev–Trinajstić information content (AvgIpc) is 2.92. The summed E-state index contributed by atoms with van der Waals surface area (Å²) >= 11 is 1.53. The second kappa shape index (κ2) is 5.57. The van der Waals surface area contributed by atoms with E-state index < -0.39 is 0 Å². The molecule has 0 aliphatic carbocycles. The Morgan fingerprint density at radius 2 is 1.86 bits per heavy atom. The van der Waals surface area contributed by atoms with E-state index in [-0.39, 0.29) is 5.56 Å². The van der Waals surface area contributed by atoms with Gasteiger partial charge >= 0.3 is 0 Å². The minimum Gasteiger partial charge on any atom is -0.378 e. The number of fused-ring (bicyclic) bond motifs is 1. The second-order valence-electron chi connectivity index (χ2n) is 5.88. The van der Waals surface area contributed by atoms with Gasteiger partial charge in [0.2, 0.25) is 0 Å². The van der Waals surface area contributed by atoms with Crippen molar-refractivity contribution in [2.75, 3.05) is 19.0 Å². The van der Waals surface area contributed by atoms with Gasteiger partial charge in [0, 0.05) is 25.3 Å². The fourth-order valence-electron chi connectivity index (χ4n) is 2.45. The van der Waals surface area contributed by atoms with Crippen molar-refractivity contribution in [3.63, 3.8) is 0 Å². The Kier molecular flexibility index (Phi) is 3.74. The van der Waals surface area contributed by atoms with Crippen molar-refractivity contribution in [3.05, 3.63) is 45.6 Å². The lowest BCUT2D eigenvalue weighted by Crippen LogP contribution is -2.10. The largest absolute Gasteiger partial charge is 0.378 e. The summed E-state index contributed by atoms with van der Waals surface area (Å²) < 4.78 is 0. The van der Waals surface area contributed by atoms with E-state index in [0.717, 1.165) is 27.0 Å². The van der Waals surface area contributed by atoms with Crippen LogP contribution in [0.3, 0.4) is 0 Å². The van der Waals surface area contributed by atoms with Crippen LogP contribution in [0.5, 0.6) is 0 Å². The third-order valence-electron chi connectivity index (χ3n) is 3.75. The zero-order valence-corrected chi connectivity index (χ0v) is 14.0. The lowest BCUT2D eigenvalue weighted by atomic mass is 10.0. The van der Waals surface area contributed by atoms with Gasteiger partial charge in [0.15, 0.2) is 0 Å².